The minimum Gasteiger partial charge on any atom is -0.360 e. The monoisotopic (exact) mass is 352 g/mol. The van der Waals surface area contributed by atoms with Crippen molar-refractivity contribution in [1.29, 1.82) is 0 Å². The highest BCUT2D eigenvalue weighted by Gasteiger charge is 2.32. The predicted octanol–water partition coefficient (Wildman–Crippen LogP) is 1.46. The number of carbonyl (C=O) groups is 1. The first-order chi connectivity index (χ1) is 9.42. The maximum Gasteiger partial charge on any atom is 0.229 e. The van der Waals surface area contributed by atoms with Crippen molar-refractivity contribution in [1.82, 2.24) is 15.0 Å². The molecule has 0 unspecified atom stereocenters. The Morgan fingerprint density at radius 1 is 1.32 bits per heavy atom. The molecule has 0 aromatic carbocycles. The van der Waals surface area contributed by atoms with E-state index in [2.05, 4.69) is 10.1 Å². The second kappa shape index (κ2) is 8.72. The molecule has 1 saturated heterocycles. The Balaban J connectivity index is 0.00000220. The number of piperazine rings is 1. The number of nitrogens with zero attached hydrogens (tertiary/aromatic N) is 3. The molecular formula is C14H26Cl2N4O2. The van der Waals surface area contributed by atoms with Gasteiger partial charge in [0.1, 0.15) is 0 Å². The summed E-state index contributed by atoms with van der Waals surface area (Å²) in [6.45, 7) is 10.0. The van der Waals surface area contributed by atoms with Crippen molar-refractivity contribution >= 4 is 30.7 Å². The fourth-order valence-electron chi connectivity index (χ4n) is 2.34. The van der Waals surface area contributed by atoms with E-state index in [0.29, 0.717) is 6.54 Å². The SMILES string of the molecule is Cc1cc(CN2CCN(C(=O)C(C)(C)CN)CC2)on1.Cl.Cl. The molecule has 1 aromatic rings. The average Bonchev–Trinajstić information content (AvgIpc) is 2.84. The lowest BCUT2D eigenvalue weighted by Crippen LogP contribution is -2.53. The summed E-state index contributed by atoms with van der Waals surface area (Å²) in [6, 6.07) is 1.95. The molecule has 8 heteroatoms. The van der Waals surface area contributed by atoms with Crippen molar-refractivity contribution in [3.05, 3.63) is 17.5 Å². The summed E-state index contributed by atoms with van der Waals surface area (Å²) < 4.78 is 5.22. The van der Waals surface area contributed by atoms with Crippen molar-refractivity contribution in [2.45, 2.75) is 27.3 Å². The Morgan fingerprint density at radius 2 is 1.91 bits per heavy atom. The third-order valence-corrected chi connectivity index (χ3v) is 3.80. The van der Waals surface area contributed by atoms with Gasteiger partial charge in [0.15, 0.2) is 5.76 Å². The van der Waals surface area contributed by atoms with E-state index < -0.39 is 5.41 Å². The molecule has 0 aliphatic carbocycles. The number of rotatable bonds is 4. The summed E-state index contributed by atoms with van der Waals surface area (Å²) >= 11 is 0. The topological polar surface area (TPSA) is 75.6 Å². The number of hydrogen-bond acceptors (Lipinski definition) is 5. The number of aromatic nitrogens is 1. The Morgan fingerprint density at radius 3 is 2.36 bits per heavy atom. The lowest BCUT2D eigenvalue weighted by molar-refractivity contribution is -0.141. The Bertz CT molecular complexity index is 471. The van der Waals surface area contributed by atoms with Crippen molar-refractivity contribution < 1.29 is 9.32 Å². The highest BCUT2D eigenvalue weighted by Crippen LogP contribution is 2.19. The minimum absolute atomic E-state index is 0. The highest BCUT2D eigenvalue weighted by molar-refractivity contribution is 5.85. The van der Waals surface area contributed by atoms with Gasteiger partial charge in [0.2, 0.25) is 5.91 Å². The normalized spacial score (nSPS) is 15.9. The van der Waals surface area contributed by atoms with Crippen molar-refractivity contribution in [2.24, 2.45) is 11.1 Å². The van der Waals surface area contributed by atoms with Crippen LogP contribution in [-0.4, -0.2) is 53.6 Å². The second-order valence-corrected chi connectivity index (χ2v) is 6.09. The van der Waals surface area contributed by atoms with E-state index in [-0.39, 0.29) is 30.7 Å². The molecule has 1 amide bonds. The zero-order valence-corrected chi connectivity index (χ0v) is 15.0. The van der Waals surface area contributed by atoms with Crippen LogP contribution in [0.15, 0.2) is 10.6 Å². The van der Waals surface area contributed by atoms with E-state index in [1.54, 1.807) is 0 Å². The fourth-order valence-corrected chi connectivity index (χ4v) is 2.34. The Hall–Kier alpha value is -0.820. The zero-order chi connectivity index (χ0) is 14.8. The fraction of sp³-hybridized carbons (Fsp3) is 0.714. The molecule has 1 aliphatic rings. The largest absolute Gasteiger partial charge is 0.360 e. The average molecular weight is 353 g/mol. The molecule has 2 rings (SSSR count). The van der Waals surface area contributed by atoms with Gasteiger partial charge in [-0.25, -0.2) is 0 Å². The van der Waals surface area contributed by atoms with E-state index in [4.69, 9.17) is 10.3 Å². The van der Waals surface area contributed by atoms with Crippen molar-refractivity contribution in [2.75, 3.05) is 32.7 Å². The summed E-state index contributed by atoms with van der Waals surface area (Å²) in [6.07, 6.45) is 0. The van der Waals surface area contributed by atoms with Gasteiger partial charge in [0.05, 0.1) is 17.7 Å². The molecule has 1 aliphatic heterocycles. The molecule has 0 radical (unpaired) electrons. The van der Waals surface area contributed by atoms with Crippen molar-refractivity contribution in [3.63, 3.8) is 0 Å². The van der Waals surface area contributed by atoms with E-state index >= 15 is 0 Å². The Kier molecular flexibility index (Phi) is 8.39. The maximum absolute atomic E-state index is 12.3. The number of amides is 1. The molecule has 2 N–H and O–H groups in total. The van der Waals surface area contributed by atoms with Gasteiger partial charge < -0.3 is 15.2 Å². The second-order valence-electron chi connectivity index (χ2n) is 6.09. The van der Waals surface area contributed by atoms with E-state index in [1.165, 1.54) is 0 Å². The molecule has 6 nitrogen and oxygen atoms in total. The van der Waals surface area contributed by atoms with Gasteiger partial charge in [0, 0.05) is 38.8 Å². The first-order valence-corrected chi connectivity index (χ1v) is 7.06. The van der Waals surface area contributed by atoms with Gasteiger partial charge in [-0.3, -0.25) is 9.69 Å². The smallest absolute Gasteiger partial charge is 0.229 e. The van der Waals surface area contributed by atoms with Crippen LogP contribution < -0.4 is 5.73 Å². The summed E-state index contributed by atoms with van der Waals surface area (Å²) in [5.74, 6) is 1.03. The van der Waals surface area contributed by atoms with E-state index in [9.17, 15) is 4.79 Å². The molecule has 0 saturated carbocycles. The summed E-state index contributed by atoms with van der Waals surface area (Å²) in [4.78, 5) is 16.5. The van der Waals surface area contributed by atoms with Crippen LogP contribution in [0.1, 0.15) is 25.3 Å². The van der Waals surface area contributed by atoms with Crippen LogP contribution in [0.25, 0.3) is 0 Å². The number of nitrogens with two attached hydrogens (primary N) is 1. The Labute approximate surface area is 144 Å². The van der Waals surface area contributed by atoms with Gasteiger partial charge in [-0.15, -0.1) is 24.8 Å². The van der Waals surface area contributed by atoms with Crippen LogP contribution in [0.3, 0.4) is 0 Å². The van der Waals surface area contributed by atoms with Gasteiger partial charge in [-0.2, -0.15) is 0 Å². The zero-order valence-electron chi connectivity index (χ0n) is 13.4. The van der Waals surface area contributed by atoms with Crippen LogP contribution in [0.2, 0.25) is 0 Å². The van der Waals surface area contributed by atoms with Crippen LogP contribution in [0.5, 0.6) is 0 Å². The number of hydrogen-bond donors (Lipinski definition) is 1. The van der Waals surface area contributed by atoms with Gasteiger partial charge in [-0.1, -0.05) is 5.16 Å². The lowest BCUT2D eigenvalue weighted by Gasteiger charge is -2.37. The number of aryl methyl sites for hydroxylation is 1. The van der Waals surface area contributed by atoms with Gasteiger partial charge >= 0.3 is 0 Å². The molecule has 128 valence electrons. The molecular weight excluding hydrogens is 327 g/mol. The van der Waals surface area contributed by atoms with Crippen LogP contribution >= 0.6 is 24.8 Å². The third-order valence-electron chi connectivity index (χ3n) is 3.80. The summed E-state index contributed by atoms with van der Waals surface area (Å²) in [5.41, 5.74) is 6.10. The van der Waals surface area contributed by atoms with Crippen LogP contribution in [0.4, 0.5) is 0 Å². The highest BCUT2D eigenvalue weighted by atomic mass is 35.5. The lowest BCUT2D eigenvalue weighted by atomic mass is 9.91. The third kappa shape index (κ3) is 5.12. The first kappa shape index (κ1) is 21.2. The summed E-state index contributed by atoms with van der Waals surface area (Å²) in [7, 11) is 0. The molecule has 22 heavy (non-hydrogen) atoms. The van der Waals surface area contributed by atoms with Gasteiger partial charge in [-0.05, 0) is 20.8 Å². The predicted molar refractivity (Wildman–Crippen MR) is 90.4 cm³/mol. The number of carbonyl (C=O) groups excluding carboxylic acids is 1. The van der Waals surface area contributed by atoms with Gasteiger partial charge in [0.25, 0.3) is 0 Å². The summed E-state index contributed by atoms with van der Waals surface area (Å²) in [5, 5.41) is 3.89. The molecule has 0 bridgehead atoms. The standard InChI is InChI=1S/C14H24N4O2.2ClH/c1-11-8-12(20-16-11)9-17-4-6-18(7-5-17)13(19)14(2,3)10-15;;/h8H,4-7,9-10,15H2,1-3H3;2*1H. The molecule has 1 aromatic heterocycles. The quantitative estimate of drug-likeness (QED) is 0.887. The first-order valence-electron chi connectivity index (χ1n) is 7.06. The number of halogens is 2. The van der Waals surface area contributed by atoms with E-state index in [0.717, 1.165) is 44.2 Å². The van der Waals surface area contributed by atoms with Crippen LogP contribution in [0, 0.1) is 12.3 Å². The van der Waals surface area contributed by atoms with Crippen LogP contribution in [-0.2, 0) is 11.3 Å². The van der Waals surface area contributed by atoms with Crippen molar-refractivity contribution in [3.8, 4) is 0 Å². The molecule has 0 atom stereocenters. The molecule has 2 heterocycles. The maximum atomic E-state index is 12.3. The molecule has 1 fully saturated rings. The minimum atomic E-state index is -0.468. The molecule has 0 spiro atoms. The van der Waals surface area contributed by atoms with E-state index in [1.807, 2.05) is 31.7 Å².